The molecule has 0 heterocycles. The Labute approximate surface area is 97.7 Å². The molecule has 1 aromatic rings. The zero-order valence-electron chi connectivity index (χ0n) is 9.43. The third-order valence-corrected chi connectivity index (χ3v) is 2.50. The van der Waals surface area contributed by atoms with E-state index in [0.29, 0.717) is 12.0 Å². The van der Waals surface area contributed by atoms with Crippen molar-refractivity contribution in [2.24, 2.45) is 0 Å². The summed E-state index contributed by atoms with van der Waals surface area (Å²) in [4.78, 5) is 0.151. The normalized spacial score (nSPS) is 10.6. The van der Waals surface area contributed by atoms with Gasteiger partial charge in [0.1, 0.15) is 5.75 Å². The summed E-state index contributed by atoms with van der Waals surface area (Å²) in [6, 6.07) is 3.90. The highest BCUT2D eigenvalue weighted by Crippen LogP contribution is 2.39. The van der Waals surface area contributed by atoms with Crippen LogP contribution >= 0.6 is 11.8 Å². The first-order chi connectivity index (χ1) is 7.42. The highest BCUT2D eigenvalue weighted by atomic mass is 32.2. The van der Waals surface area contributed by atoms with Gasteiger partial charge in [-0.15, -0.1) is 0 Å². The molecule has 0 saturated heterocycles. The third kappa shape index (κ3) is 5.30. The summed E-state index contributed by atoms with van der Waals surface area (Å²) in [6.45, 7) is 5.75. The number of aryl methyl sites for hydroxylation is 1. The highest BCUT2D eigenvalue weighted by Gasteiger charge is 2.30. The predicted molar refractivity (Wildman–Crippen MR) is 60.7 cm³/mol. The lowest BCUT2D eigenvalue weighted by Crippen LogP contribution is -2.00. The summed E-state index contributed by atoms with van der Waals surface area (Å²) >= 11 is -0.150. The van der Waals surface area contributed by atoms with Crippen molar-refractivity contribution >= 4 is 11.8 Å². The van der Waals surface area contributed by atoms with Crippen LogP contribution in [0.1, 0.15) is 26.3 Å². The molecule has 0 radical (unpaired) electrons. The van der Waals surface area contributed by atoms with E-state index in [-0.39, 0.29) is 22.4 Å². The average molecular weight is 252 g/mol. The van der Waals surface area contributed by atoms with Gasteiger partial charge >= 0.3 is 5.51 Å². The van der Waals surface area contributed by atoms with Crippen molar-refractivity contribution in [3.05, 3.63) is 23.8 Å². The Morgan fingerprint density at radius 1 is 1.25 bits per heavy atom. The van der Waals surface area contributed by atoms with Crippen LogP contribution < -0.4 is 0 Å². The SMILES string of the molecule is CC.CCc1cc(O)ccc1SC(F)(F)F. The molecule has 0 aliphatic carbocycles. The summed E-state index contributed by atoms with van der Waals surface area (Å²) in [5.41, 5.74) is -3.77. The first kappa shape index (κ1) is 15.2. The van der Waals surface area contributed by atoms with Gasteiger partial charge < -0.3 is 5.11 Å². The molecule has 0 aliphatic heterocycles. The Morgan fingerprint density at radius 2 is 1.81 bits per heavy atom. The van der Waals surface area contributed by atoms with E-state index >= 15 is 0 Å². The van der Waals surface area contributed by atoms with E-state index in [1.807, 2.05) is 13.8 Å². The molecule has 1 aromatic carbocycles. The topological polar surface area (TPSA) is 20.2 Å². The fraction of sp³-hybridized carbons (Fsp3) is 0.455. The van der Waals surface area contributed by atoms with Gasteiger partial charge in [0.25, 0.3) is 0 Å². The van der Waals surface area contributed by atoms with E-state index in [0.717, 1.165) is 0 Å². The molecule has 0 atom stereocenters. The van der Waals surface area contributed by atoms with E-state index in [4.69, 9.17) is 5.11 Å². The molecule has 0 bridgehead atoms. The second-order valence-corrected chi connectivity index (χ2v) is 3.80. The standard InChI is InChI=1S/C9H9F3OS.C2H6/c1-2-6-5-7(13)3-4-8(6)14-9(10,11)12;1-2/h3-5,13H,2H2,1H3;1-2H3. The Bertz CT molecular complexity index is 323. The third-order valence-electron chi connectivity index (χ3n) is 1.65. The molecule has 0 saturated carbocycles. The maximum absolute atomic E-state index is 12.1. The van der Waals surface area contributed by atoms with E-state index in [1.54, 1.807) is 6.92 Å². The molecule has 1 nitrogen and oxygen atoms in total. The molecule has 0 aliphatic rings. The second-order valence-electron chi connectivity index (χ2n) is 2.69. The molecule has 92 valence electrons. The minimum atomic E-state index is -4.28. The van der Waals surface area contributed by atoms with Crippen molar-refractivity contribution in [1.29, 1.82) is 0 Å². The van der Waals surface area contributed by atoms with Crippen LogP contribution in [-0.4, -0.2) is 10.6 Å². The molecule has 0 aromatic heterocycles. The first-order valence-corrected chi connectivity index (χ1v) is 5.81. The monoisotopic (exact) mass is 252 g/mol. The van der Waals surface area contributed by atoms with Crippen molar-refractivity contribution in [3.8, 4) is 5.75 Å². The Hall–Kier alpha value is -0.840. The number of rotatable bonds is 2. The van der Waals surface area contributed by atoms with Crippen LogP contribution in [0.3, 0.4) is 0 Å². The average Bonchev–Trinajstić information content (AvgIpc) is 2.22. The van der Waals surface area contributed by atoms with Gasteiger partial charge in [-0.05, 0) is 41.9 Å². The lowest BCUT2D eigenvalue weighted by atomic mass is 10.2. The van der Waals surface area contributed by atoms with Gasteiger partial charge in [-0.2, -0.15) is 13.2 Å². The summed E-state index contributed by atoms with van der Waals surface area (Å²) in [6.07, 6.45) is 0.465. The van der Waals surface area contributed by atoms with E-state index in [9.17, 15) is 13.2 Å². The number of phenols is 1. The maximum Gasteiger partial charge on any atom is 0.446 e. The fourth-order valence-electron chi connectivity index (χ4n) is 1.07. The molecular formula is C11H15F3OS. The summed E-state index contributed by atoms with van der Waals surface area (Å²) in [5.74, 6) is -0.00613. The van der Waals surface area contributed by atoms with Crippen molar-refractivity contribution in [2.75, 3.05) is 0 Å². The summed E-state index contributed by atoms with van der Waals surface area (Å²) in [5, 5.41) is 9.08. The predicted octanol–water partition coefficient (Wildman–Crippen LogP) is 4.59. The van der Waals surface area contributed by atoms with Gasteiger partial charge in [0.2, 0.25) is 0 Å². The molecule has 0 unspecified atom stereocenters. The second kappa shape index (κ2) is 6.68. The van der Waals surface area contributed by atoms with Crippen LogP contribution in [-0.2, 0) is 6.42 Å². The van der Waals surface area contributed by atoms with Crippen LogP contribution in [0.2, 0.25) is 0 Å². The molecule has 5 heteroatoms. The molecule has 16 heavy (non-hydrogen) atoms. The van der Waals surface area contributed by atoms with Gasteiger partial charge in [-0.1, -0.05) is 20.8 Å². The van der Waals surface area contributed by atoms with E-state index < -0.39 is 5.51 Å². The zero-order valence-corrected chi connectivity index (χ0v) is 10.2. The van der Waals surface area contributed by atoms with Crippen molar-refractivity contribution in [3.63, 3.8) is 0 Å². The number of aromatic hydroxyl groups is 1. The number of hydrogen-bond acceptors (Lipinski definition) is 2. The molecular weight excluding hydrogens is 237 g/mol. The Morgan fingerprint density at radius 3 is 2.25 bits per heavy atom. The summed E-state index contributed by atoms with van der Waals surface area (Å²) in [7, 11) is 0. The van der Waals surface area contributed by atoms with E-state index in [1.165, 1.54) is 18.2 Å². The van der Waals surface area contributed by atoms with Crippen molar-refractivity contribution in [2.45, 2.75) is 37.6 Å². The number of phenolic OH excluding ortho intramolecular Hbond substituents is 1. The van der Waals surface area contributed by atoms with Crippen LogP contribution in [0.4, 0.5) is 13.2 Å². The van der Waals surface area contributed by atoms with Crippen LogP contribution in [0.15, 0.2) is 23.1 Å². The highest BCUT2D eigenvalue weighted by molar-refractivity contribution is 8.00. The van der Waals surface area contributed by atoms with E-state index in [2.05, 4.69) is 0 Å². The van der Waals surface area contributed by atoms with Crippen LogP contribution in [0.25, 0.3) is 0 Å². The molecule has 1 N–H and O–H groups in total. The number of halogens is 3. The minimum absolute atomic E-state index is 0.00613. The Balaban J connectivity index is 0.00000106. The number of benzene rings is 1. The lowest BCUT2D eigenvalue weighted by Gasteiger charge is -2.09. The largest absolute Gasteiger partial charge is 0.508 e. The van der Waals surface area contributed by atoms with Crippen LogP contribution in [0, 0.1) is 0 Å². The first-order valence-electron chi connectivity index (χ1n) is 5.00. The molecule has 1 rings (SSSR count). The van der Waals surface area contributed by atoms with Crippen molar-refractivity contribution in [1.82, 2.24) is 0 Å². The quantitative estimate of drug-likeness (QED) is 0.777. The van der Waals surface area contributed by atoms with Gasteiger partial charge in [0, 0.05) is 4.90 Å². The maximum atomic E-state index is 12.1. The molecule has 0 spiro atoms. The van der Waals surface area contributed by atoms with Gasteiger partial charge in [-0.3, -0.25) is 0 Å². The van der Waals surface area contributed by atoms with Gasteiger partial charge in [-0.25, -0.2) is 0 Å². The minimum Gasteiger partial charge on any atom is -0.508 e. The van der Waals surface area contributed by atoms with Gasteiger partial charge in [0.05, 0.1) is 0 Å². The van der Waals surface area contributed by atoms with Crippen molar-refractivity contribution < 1.29 is 18.3 Å². The fourth-order valence-corrected chi connectivity index (χ4v) is 1.79. The number of thioether (sulfide) groups is 1. The zero-order chi connectivity index (χ0) is 12.8. The Kier molecular flexibility index (Phi) is 6.33. The molecule has 0 fully saturated rings. The number of alkyl halides is 3. The molecule has 0 amide bonds. The number of hydrogen-bond donors (Lipinski definition) is 1. The smallest absolute Gasteiger partial charge is 0.446 e. The van der Waals surface area contributed by atoms with Gasteiger partial charge in [0.15, 0.2) is 0 Å². The lowest BCUT2D eigenvalue weighted by molar-refractivity contribution is -0.0328. The summed E-state index contributed by atoms with van der Waals surface area (Å²) < 4.78 is 36.2. The van der Waals surface area contributed by atoms with Crippen LogP contribution in [0.5, 0.6) is 5.75 Å².